The molecule has 13 heteroatoms. The minimum absolute atomic E-state index is 0.128. The molecule has 5 N–H and O–H groups in total. The van der Waals surface area contributed by atoms with Crippen LogP contribution in [-0.2, 0) is 11.8 Å². The standard InChI is InChI=1S/C28H33FN10OS/c1-16(18-4-2-8-33-22(18)31)34-24-35-25(37-26(36-24)40-15-28-6-3-9-39(28)12-17(29)10-28)38-13-27(14-38)7-5-20-21(27)19(11-30)23(32)41-20/h2,4,8,16-17H,3,5-7,9-10,12-15,32H2,1H3,(H2,31,33)(H,34,35,36,37)/t16?,17-,28+/m1/s1. The molecule has 1 unspecified atom stereocenters. The number of nitrogens with one attached hydrogen (secondary N) is 1. The number of pyridine rings is 1. The van der Waals surface area contributed by atoms with Gasteiger partial charge in [-0.05, 0) is 50.8 Å². The normalized spacial score (nSPS) is 25.0. The SMILES string of the molecule is CC(Nc1nc(OC[C@@]23CCCN2C[C@H](F)C3)nc(N2CC3(CCc4sc(N)c(C#N)c43)C2)n1)c1cccnc1N. The maximum atomic E-state index is 14.3. The Kier molecular flexibility index (Phi) is 6.17. The molecule has 0 amide bonds. The highest BCUT2D eigenvalue weighted by Gasteiger charge is 2.52. The van der Waals surface area contributed by atoms with Crippen molar-refractivity contribution in [2.75, 3.05) is 54.5 Å². The molecule has 0 saturated carbocycles. The Hall–Kier alpha value is -3.76. The van der Waals surface area contributed by atoms with Crippen LogP contribution in [0.25, 0.3) is 0 Å². The van der Waals surface area contributed by atoms with Crippen molar-refractivity contribution in [3.05, 3.63) is 39.9 Å². The van der Waals surface area contributed by atoms with E-state index < -0.39 is 6.17 Å². The Morgan fingerprint density at radius 2 is 2.15 bits per heavy atom. The molecule has 7 rings (SSSR count). The van der Waals surface area contributed by atoms with Gasteiger partial charge in [-0.25, -0.2) is 9.37 Å². The fourth-order valence-electron chi connectivity index (χ4n) is 7.30. The number of fused-ring (bicyclic) bond motifs is 3. The second-order valence-electron chi connectivity index (χ2n) is 11.8. The van der Waals surface area contributed by atoms with Gasteiger partial charge < -0.3 is 26.4 Å². The third kappa shape index (κ3) is 4.31. The summed E-state index contributed by atoms with van der Waals surface area (Å²) in [6, 6.07) is 6.07. The second kappa shape index (κ2) is 9.66. The number of nitrogens with two attached hydrogens (primary N) is 2. The molecule has 1 spiro atoms. The molecule has 0 aromatic carbocycles. The molecule has 3 fully saturated rings. The van der Waals surface area contributed by atoms with E-state index in [1.807, 2.05) is 19.1 Å². The van der Waals surface area contributed by atoms with Gasteiger partial charge in [0.15, 0.2) is 0 Å². The molecule has 41 heavy (non-hydrogen) atoms. The number of aromatic nitrogens is 4. The summed E-state index contributed by atoms with van der Waals surface area (Å²) in [7, 11) is 0. The minimum Gasteiger partial charge on any atom is -0.461 e. The lowest BCUT2D eigenvalue weighted by atomic mass is 9.74. The number of halogens is 1. The lowest BCUT2D eigenvalue weighted by Crippen LogP contribution is -2.59. The van der Waals surface area contributed by atoms with Crippen LogP contribution in [0.4, 0.5) is 27.1 Å². The van der Waals surface area contributed by atoms with Crippen molar-refractivity contribution in [2.24, 2.45) is 0 Å². The highest BCUT2D eigenvalue weighted by Crippen LogP contribution is 2.52. The monoisotopic (exact) mass is 576 g/mol. The molecule has 4 aliphatic rings. The van der Waals surface area contributed by atoms with Crippen molar-refractivity contribution in [3.63, 3.8) is 0 Å². The summed E-state index contributed by atoms with van der Waals surface area (Å²) in [5.41, 5.74) is 14.4. The number of nitrogens with zero attached hydrogens (tertiary/aromatic N) is 7. The number of nitrogen functional groups attached to an aromatic ring is 2. The Balaban J connectivity index is 1.16. The number of anilines is 4. The summed E-state index contributed by atoms with van der Waals surface area (Å²) in [6.45, 7) is 5.00. The predicted octanol–water partition coefficient (Wildman–Crippen LogP) is 3.20. The molecule has 3 atom stereocenters. The highest BCUT2D eigenvalue weighted by molar-refractivity contribution is 7.16. The zero-order chi connectivity index (χ0) is 28.4. The molecule has 3 saturated heterocycles. The highest BCUT2D eigenvalue weighted by atomic mass is 32.1. The molecule has 6 heterocycles. The summed E-state index contributed by atoms with van der Waals surface area (Å²) in [4.78, 5) is 23.8. The number of alkyl halides is 1. The molecule has 0 bridgehead atoms. The molecule has 3 aromatic rings. The van der Waals surface area contributed by atoms with Crippen LogP contribution in [0.5, 0.6) is 6.01 Å². The Morgan fingerprint density at radius 3 is 2.95 bits per heavy atom. The molecule has 3 aromatic heterocycles. The Bertz CT molecular complexity index is 1530. The van der Waals surface area contributed by atoms with Crippen LogP contribution >= 0.6 is 11.3 Å². The molecule has 214 valence electrons. The Labute approximate surface area is 241 Å². The maximum absolute atomic E-state index is 14.3. The number of rotatable bonds is 7. The van der Waals surface area contributed by atoms with E-state index in [0.29, 0.717) is 60.9 Å². The van der Waals surface area contributed by atoms with Gasteiger partial charge in [0.05, 0.1) is 17.1 Å². The number of nitriles is 1. The molecule has 3 aliphatic heterocycles. The van der Waals surface area contributed by atoms with Gasteiger partial charge in [0.25, 0.3) is 0 Å². The minimum atomic E-state index is -0.839. The maximum Gasteiger partial charge on any atom is 0.323 e. The van der Waals surface area contributed by atoms with Crippen LogP contribution < -0.4 is 26.4 Å². The number of aryl methyl sites for hydroxylation is 1. The quantitative estimate of drug-likeness (QED) is 0.380. The molecule has 1 aliphatic carbocycles. The van der Waals surface area contributed by atoms with Crippen molar-refractivity contribution >= 4 is 34.1 Å². The van der Waals surface area contributed by atoms with Gasteiger partial charge in [-0.15, -0.1) is 11.3 Å². The van der Waals surface area contributed by atoms with Crippen molar-refractivity contribution < 1.29 is 9.13 Å². The fourth-order valence-corrected chi connectivity index (χ4v) is 8.44. The van der Waals surface area contributed by atoms with E-state index in [-0.39, 0.29) is 23.0 Å². The first-order valence-corrected chi connectivity index (χ1v) is 14.9. The second-order valence-corrected chi connectivity index (χ2v) is 13.0. The summed E-state index contributed by atoms with van der Waals surface area (Å²) >= 11 is 1.53. The van der Waals surface area contributed by atoms with Gasteiger partial charge in [0.1, 0.15) is 29.7 Å². The number of hydrogen-bond acceptors (Lipinski definition) is 12. The number of thiophene rings is 1. The van der Waals surface area contributed by atoms with Crippen molar-refractivity contribution in [3.8, 4) is 12.1 Å². The first kappa shape index (κ1) is 26.2. The third-order valence-corrected chi connectivity index (χ3v) is 10.3. The average Bonchev–Trinajstić information content (AvgIpc) is 3.64. The molecule has 11 nitrogen and oxygen atoms in total. The van der Waals surface area contributed by atoms with E-state index >= 15 is 0 Å². The van der Waals surface area contributed by atoms with Crippen molar-refractivity contribution in [2.45, 2.75) is 62.2 Å². The van der Waals surface area contributed by atoms with Crippen LogP contribution in [0.15, 0.2) is 18.3 Å². The third-order valence-electron chi connectivity index (χ3n) is 9.27. The van der Waals surface area contributed by atoms with Gasteiger partial charge in [-0.2, -0.15) is 20.2 Å². The van der Waals surface area contributed by atoms with E-state index in [1.165, 1.54) is 16.2 Å². The topological polar surface area (TPSA) is 155 Å². The number of hydrogen-bond donors (Lipinski definition) is 3. The zero-order valence-electron chi connectivity index (χ0n) is 22.9. The van der Waals surface area contributed by atoms with Crippen molar-refractivity contribution in [1.82, 2.24) is 24.8 Å². The van der Waals surface area contributed by atoms with Crippen LogP contribution in [0.1, 0.15) is 60.2 Å². The first-order valence-electron chi connectivity index (χ1n) is 14.1. The lowest BCUT2D eigenvalue weighted by molar-refractivity contribution is 0.107. The van der Waals surface area contributed by atoms with Crippen molar-refractivity contribution in [1.29, 1.82) is 5.26 Å². The largest absolute Gasteiger partial charge is 0.461 e. The first-order chi connectivity index (χ1) is 19.8. The summed E-state index contributed by atoms with van der Waals surface area (Å²) in [6.07, 6.45) is 5.11. The van der Waals surface area contributed by atoms with E-state index in [2.05, 4.69) is 31.2 Å². The predicted molar refractivity (Wildman–Crippen MR) is 155 cm³/mol. The average molecular weight is 577 g/mol. The molecule has 0 radical (unpaired) electrons. The summed E-state index contributed by atoms with van der Waals surface area (Å²) < 4.78 is 20.6. The lowest BCUT2D eigenvalue weighted by Gasteiger charge is -2.48. The van der Waals surface area contributed by atoms with Crippen LogP contribution in [0, 0.1) is 11.3 Å². The van der Waals surface area contributed by atoms with Gasteiger partial charge in [0, 0.05) is 48.1 Å². The van der Waals surface area contributed by atoms with Gasteiger partial charge >= 0.3 is 6.01 Å². The van der Waals surface area contributed by atoms with Gasteiger partial charge in [-0.1, -0.05) is 6.07 Å². The summed E-state index contributed by atoms with van der Waals surface area (Å²) in [5, 5.41) is 13.7. The van der Waals surface area contributed by atoms with Gasteiger partial charge in [0.2, 0.25) is 11.9 Å². The zero-order valence-corrected chi connectivity index (χ0v) is 23.8. The Morgan fingerprint density at radius 1 is 1.29 bits per heavy atom. The number of ether oxygens (including phenoxy) is 1. The van der Waals surface area contributed by atoms with Crippen LogP contribution in [0.2, 0.25) is 0 Å². The van der Waals surface area contributed by atoms with E-state index in [9.17, 15) is 9.65 Å². The summed E-state index contributed by atoms with van der Waals surface area (Å²) in [5.74, 6) is 1.30. The smallest absolute Gasteiger partial charge is 0.323 e. The van der Waals surface area contributed by atoms with E-state index in [1.54, 1.807) is 6.20 Å². The molecular weight excluding hydrogens is 543 g/mol. The van der Waals surface area contributed by atoms with Crippen LogP contribution in [0.3, 0.4) is 0 Å². The molecular formula is C28H33FN10OS. The van der Waals surface area contributed by atoms with Gasteiger partial charge in [-0.3, -0.25) is 4.90 Å². The van der Waals surface area contributed by atoms with E-state index in [4.69, 9.17) is 26.2 Å². The van der Waals surface area contributed by atoms with E-state index in [0.717, 1.165) is 43.4 Å². The fraction of sp³-hybridized carbons (Fsp3) is 0.536. The van der Waals surface area contributed by atoms with Crippen LogP contribution in [-0.4, -0.2) is 69.3 Å².